The van der Waals surface area contributed by atoms with Crippen molar-refractivity contribution in [2.24, 2.45) is 0 Å². The first-order valence-electron chi connectivity index (χ1n) is 12.6. The Hall–Kier alpha value is -2.38. The summed E-state index contributed by atoms with van der Waals surface area (Å²) in [6.45, 7) is 2.10. The number of sulfone groups is 1. The van der Waals surface area contributed by atoms with E-state index in [2.05, 4.69) is 16.0 Å². The standard InChI is InChI=1S/C26H31Cl2F3N4O4S/c1-3-40(38,39)23-7-6-18(27)9-17(23)12-33-25(37)16-10-21(26(29,30)31)20(22(28)11-16)15-35-8-4-5-19(14-35)34-24(36)13-32-2/h6-7,9-11,19,32H,3-5,8,12-15H2,1-2H3,(H,33,37)(H,34,36)/t19-/m0/s1. The lowest BCUT2D eigenvalue weighted by molar-refractivity contribution is -0.138. The number of hydrogen-bond donors (Lipinski definition) is 3. The number of benzene rings is 2. The average Bonchev–Trinajstić information content (AvgIpc) is 2.87. The van der Waals surface area contributed by atoms with Gasteiger partial charge in [0.15, 0.2) is 9.84 Å². The average molecular weight is 624 g/mol. The summed E-state index contributed by atoms with van der Waals surface area (Å²) in [7, 11) is -1.99. The Morgan fingerprint density at radius 3 is 2.52 bits per heavy atom. The molecule has 40 heavy (non-hydrogen) atoms. The Morgan fingerprint density at radius 1 is 1.15 bits per heavy atom. The van der Waals surface area contributed by atoms with Crippen LogP contribution in [0.3, 0.4) is 0 Å². The molecule has 3 N–H and O–H groups in total. The number of amides is 2. The van der Waals surface area contributed by atoms with Gasteiger partial charge in [0.25, 0.3) is 5.91 Å². The lowest BCUT2D eigenvalue weighted by Gasteiger charge is -2.34. The van der Waals surface area contributed by atoms with Gasteiger partial charge in [-0.15, -0.1) is 0 Å². The van der Waals surface area contributed by atoms with E-state index in [1.54, 1.807) is 11.9 Å². The largest absolute Gasteiger partial charge is 0.416 e. The van der Waals surface area contributed by atoms with Gasteiger partial charge >= 0.3 is 6.18 Å². The van der Waals surface area contributed by atoms with Gasteiger partial charge in [0, 0.05) is 41.3 Å². The molecule has 1 aliphatic heterocycles. The second kappa shape index (κ2) is 13.5. The highest BCUT2D eigenvalue weighted by Crippen LogP contribution is 2.37. The van der Waals surface area contributed by atoms with Crippen LogP contribution in [0.2, 0.25) is 10.0 Å². The molecule has 14 heteroatoms. The zero-order valence-electron chi connectivity index (χ0n) is 22.0. The first-order chi connectivity index (χ1) is 18.7. The van der Waals surface area contributed by atoms with Crippen molar-refractivity contribution in [3.8, 4) is 0 Å². The summed E-state index contributed by atoms with van der Waals surface area (Å²) >= 11 is 12.3. The summed E-state index contributed by atoms with van der Waals surface area (Å²) in [5.41, 5.74) is -1.32. The van der Waals surface area contributed by atoms with Crippen LogP contribution in [0, 0.1) is 0 Å². The lowest BCUT2D eigenvalue weighted by atomic mass is 10.00. The molecular formula is C26H31Cl2F3N4O4S. The summed E-state index contributed by atoms with van der Waals surface area (Å²) in [6.07, 6.45) is -3.40. The number of carbonyl (C=O) groups is 2. The number of rotatable bonds is 10. The smallest absolute Gasteiger partial charge is 0.351 e. The molecule has 1 saturated heterocycles. The van der Waals surface area contributed by atoms with Gasteiger partial charge in [0.05, 0.1) is 22.8 Å². The monoisotopic (exact) mass is 622 g/mol. The van der Waals surface area contributed by atoms with E-state index in [-0.39, 0.29) is 69.0 Å². The minimum Gasteiger partial charge on any atom is -0.351 e. The maximum Gasteiger partial charge on any atom is 0.416 e. The third-order valence-electron chi connectivity index (χ3n) is 6.53. The van der Waals surface area contributed by atoms with Crippen molar-refractivity contribution in [2.45, 2.75) is 50.0 Å². The number of nitrogens with one attached hydrogen (secondary N) is 3. The zero-order valence-corrected chi connectivity index (χ0v) is 24.3. The van der Waals surface area contributed by atoms with Gasteiger partial charge in [-0.25, -0.2) is 8.42 Å². The maximum atomic E-state index is 14.1. The zero-order chi connectivity index (χ0) is 29.7. The van der Waals surface area contributed by atoms with Crippen molar-refractivity contribution in [1.82, 2.24) is 20.9 Å². The fourth-order valence-corrected chi connectivity index (χ4v) is 6.17. The fraction of sp³-hybridized carbons (Fsp3) is 0.462. The Balaban J connectivity index is 1.82. The van der Waals surface area contributed by atoms with E-state index < -0.39 is 27.5 Å². The van der Waals surface area contributed by atoms with E-state index in [4.69, 9.17) is 23.2 Å². The van der Waals surface area contributed by atoms with E-state index >= 15 is 0 Å². The molecule has 0 radical (unpaired) electrons. The van der Waals surface area contributed by atoms with Gasteiger partial charge < -0.3 is 16.0 Å². The van der Waals surface area contributed by atoms with Crippen LogP contribution >= 0.6 is 23.2 Å². The van der Waals surface area contributed by atoms with E-state index in [9.17, 15) is 31.2 Å². The van der Waals surface area contributed by atoms with E-state index in [0.29, 0.717) is 25.9 Å². The first-order valence-corrected chi connectivity index (χ1v) is 15.0. The molecule has 8 nitrogen and oxygen atoms in total. The number of nitrogens with zero attached hydrogens (tertiary/aromatic N) is 1. The van der Waals surface area contributed by atoms with Crippen molar-refractivity contribution < 1.29 is 31.2 Å². The number of piperidine rings is 1. The third kappa shape index (κ3) is 8.32. The van der Waals surface area contributed by atoms with E-state index in [1.165, 1.54) is 31.2 Å². The Bertz CT molecular complexity index is 1360. The van der Waals surface area contributed by atoms with Crippen molar-refractivity contribution in [1.29, 1.82) is 0 Å². The Labute approximate surface area is 241 Å². The van der Waals surface area contributed by atoms with Crippen LogP contribution in [0.4, 0.5) is 13.2 Å². The predicted molar refractivity (Wildman–Crippen MR) is 147 cm³/mol. The van der Waals surface area contributed by atoms with Crippen LogP contribution < -0.4 is 16.0 Å². The number of halogens is 5. The Morgan fingerprint density at radius 2 is 1.88 bits per heavy atom. The fourth-order valence-electron chi connectivity index (χ4n) is 4.58. The highest BCUT2D eigenvalue weighted by molar-refractivity contribution is 7.91. The van der Waals surface area contributed by atoms with Gasteiger partial charge in [0.1, 0.15) is 0 Å². The van der Waals surface area contributed by atoms with Crippen LogP contribution in [0.25, 0.3) is 0 Å². The van der Waals surface area contributed by atoms with Gasteiger partial charge in [-0.1, -0.05) is 30.1 Å². The third-order valence-corrected chi connectivity index (χ3v) is 8.93. The van der Waals surface area contributed by atoms with Crippen molar-refractivity contribution >= 4 is 44.9 Å². The molecule has 1 aliphatic rings. The highest BCUT2D eigenvalue weighted by atomic mass is 35.5. The van der Waals surface area contributed by atoms with E-state index in [1.807, 2.05) is 0 Å². The van der Waals surface area contributed by atoms with Crippen LogP contribution in [-0.2, 0) is 33.9 Å². The molecule has 3 rings (SSSR count). The molecule has 0 aliphatic carbocycles. The van der Waals surface area contributed by atoms with Gasteiger partial charge in [-0.05, 0) is 67.9 Å². The molecule has 2 aromatic rings. The summed E-state index contributed by atoms with van der Waals surface area (Å²) in [5, 5.41) is 8.12. The van der Waals surface area contributed by atoms with Crippen LogP contribution in [0.15, 0.2) is 35.2 Å². The predicted octanol–water partition coefficient (Wildman–Crippen LogP) is 4.04. The number of hydrogen-bond acceptors (Lipinski definition) is 6. The van der Waals surface area contributed by atoms with Crippen LogP contribution in [0.5, 0.6) is 0 Å². The van der Waals surface area contributed by atoms with Crippen LogP contribution in [-0.4, -0.2) is 63.6 Å². The highest BCUT2D eigenvalue weighted by Gasteiger charge is 2.36. The maximum absolute atomic E-state index is 14.1. The van der Waals surface area contributed by atoms with Crippen molar-refractivity contribution in [3.05, 3.63) is 62.6 Å². The molecule has 1 fully saturated rings. The summed E-state index contributed by atoms with van der Waals surface area (Å²) in [4.78, 5) is 26.6. The number of likely N-dealkylation sites (N-methyl/N-ethyl adjacent to an activating group) is 1. The minimum atomic E-state index is -4.79. The summed E-state index contributed by atoms with van der Waals surface area (Å²) in [6, 6.07) is 5.82. The molecule has 2 amide bonds. The number of alkyl halides is 3. The molecule has 0 spiro atoms. The van der Waals surface area contributed by atoms with Gasteiger partial charge in [-0.2, -0.15) is 13.2 Å². The van der Waals surface area contributed by atoms with Crippen molar-refractivity contribution in [3.63, 3.8) is 0 Å². The second-order valence-electron chi connectivity index (χ2n) is 9.49. The molecule has 0 aromatic heterocycles. The van der Waals surface area contributed by atoms with E-state index in [0.717, 1.165) is 6.07 Å². The van der Waals surface area contributed by atoms with Crippen LogP contribution in [0.1, 0.15) is 46.8 Å². The molecule has 1 atom stereocenters. The van der Waals surface area contributed by atoms with Gasteiger partial charge in [-0.3, -0.25) is 14.5 Å². The number of likely N-dealkylation sites (tertiary alicyclic amines) is 1. The molecule has 0 bridgehead atoms. The quantitative estimate of drug-likeness (QED) is 0.369. The topological polar surface area (TPSA) is 108 Å². The molecule has 0 saturated carbocycles. The lowest BCUT2D eigenvalue weighted by Crippen LogP contribution is -2.49. The summed E-state index contributed by atoms with van der Waals surface area (Å²) < 4.78 is 67.2. The SMILES string of the molecule is CCS(=O)(=O)c1ccc(Cl)cc1CNC(=O)c1cc(Cl)c(CN2CCC[C@H](NC(=O)CNC)C2)c(C(F)(F)F)c1. The molecule has 2 aromatic carbocycles. The molecule has 0 unspecified atom stereocenters. The number of carbonyl (C=O) groups excluding carboxylic acids is 2. The summed E-state index contributed by atoms with van der Waals surface area (Å²) in [5.74, 6) is -1.23. The van der Waals surface area contributed by atoms with Crippen molar-refractivity contribution in [2.75, 3.05) is 32.4 Å². The Kier molecular flexibility index (Phi) is 10.9. The molecule has 1 heterocycles. The second-order valence-corrected chi connectivity index (χ2v) is 12.6. The molecule has 220 valence electrons. The minimum absolute atomic E-state index is 0.0222. The normalized spacial score (nSPS) is 16.5. The molecular weight excluding hydrogens is 592 g/mol. The van der Waals surface area contributed by atoms with Gasteiger partial charge in [0.2, 0.25) is 5.91 Å². The first kappa shape index (κ1) is 32.1.